The molecule has 0 atom stereocenters. The van der Waals surface area contributed by atoms with Gasteiger partial charge < -0.3 is 0 Å². The molecule has 3 heteroatoms. The van der Waals surface area contributed by atoms with Crippen molar-refractivity contribution >= 4 is 53.1 Å². The molecule has 0 aliphatic heterocycles. The Balaban J connectivity index is 1.18. The molecule has 0 N–H and O–H groups in total. The first-order valence-corrected chi connectivity index (χ1v) is 20.1. The van der Waals surface area contributed by atoms with E-state index in [-0.39, 0.29) is 0 Å². The summed E-state index contributed by atoms with van der Waals surface area (Å²) in [5.74, 6) is 0.694. The molecular formula is C54H34N2S. The van der Waals surface area contributed by atoms with Crippen molar-refractivity contribution < 1.29 is 0 Å². The quantitative estimate of drug-likeness (QED) is 0.170. The van der Waals surface area contributed by atoms with E-state index in [2.05, 4.69) is 200 Å². The fraction of sp³-hybridized carbons (Fsp3) is 0. The number of fused-ring (bicyclic) bond motifs is 5. The Kier molecular flexibility index (Phi) is 8.04. The summed E-state index contributed by atoms with van der Waals surface area (Å²) in [6, 6.07) is 74.0. The van der Waals surface area contributed by atoms with E-state index in [1.165, 1.54) is 58.4 Å². The average molecular weight is 743 g/mol. The van der Waals surface area contributed by atoms with Crippen LogP contribution in [0.25, 0.3) is 109 Å². The zero-order chi connectivity index (χ0) is 37.7. The molecule has 0 saturated carbocycles. The molecule has 0 radical (unpaired) electrons. The molecule has 0 saturated heterocycles. The summed E-state index contributed by atoms with van der Waals surface area (Å²) in [6.45, 7) is 0. The molecule has 0 aliphatic carbocycles. The topological polar surface area (TPSA) is 25.8 Å². The lowest BCUT2D eigenvalue weighted by Crippen LogP contribution is -1.98. The van der Waals surface area contributed by atoms with Crippen LogP contribution in [-0.4, -0.2) is 9.97 Å². The highest BCUT2D eigenvalue weighted by atomic mass is 32.1. The maximum atomic E-state index is 5.37. The van der Waals surface area contributed by atoms with E-state index in [9.17, 15) is 0 Å². The van der Waals surface area contributed by atoms with E-state index in [0.29, 0.717) is 5.82 Å². The Labute approximate surface area is 335 Å². The number of rotatable bonds is 6. The second-order valence-electron chi connectivity index (χ2n) is 14.5. The van der Waals surface area contributed by atoms with Crippen LogP contribution in [0, 0.1) is 0 Å². The molecule has 2 nitrogen and oxygen atoms in total. The second kappa shape index (κ2) is 13.8. The standard InChI is InChI=1S/C54H34N2S/c1-2-17-37(18-3-1)54-55-50(34-51(56-54)47-24-9-8-23-46(47)45-28-13-20-36-16-5-7-22-42(36)45)40-32-38(43-26-12-19-35-15-4-6-21-41(35)43)31-39(33-40)44-27-14-29-49-48-25-10-11-30-52(48)57-53(44)49/h1-34H. The van der Waals surface area contributed by atoms with E-state index >= 15 is 0 Å². The summed E-state index contributed by atoms with van der Waals surface area (Å²) in [5.41, 5.74) is 11.9. The molecule has 2 heterocycles. The van der Waals surface area contributed by atoms with Crippen LogP contribution in [0.2, 0.25) is 0 Å². The second-order valence-corrected chi connectivity index (χ2v) is 15.6. The van der Waals surface area contributed by atoms with Crippen LogP contribution in [0.3, 0.4) is 0 Å². The number of benzene rings is 9. The third kappa shape index (κ3) is 5.88. The number of hydrogen-bond acceptors (Lipinski definition) is 3. The Hall–Kier alpha value is -7.20. The first-order chi connectivity index (χ1) is 28.2. The van der Waals surface area contributed by atoms with Crippen molar-refractivity contribution in [3.05, 3.63) is 206 Å². The van der Waals surface area contributed by atoms with Gasteiger partial charge in [0.1, 0.15) is 0 Å². The van der Waals surface area contributed by atoms with Crippen LogP contribution in [0.4, 0.5) is 0 Å². The van der Waals surface area contributed by atoms with Gasteiger partial charge in [-0.3, -0.25) is 0 Å². The first kappa shape index (κ1) is 33.2. The van der Waals surface area contributed by atoms with Crippen molar-refractivity contribution in [2.45, 2.75) is 0 Å². The summed E-state index contributed by atoms with van der Waals surface area (Å²) >= 11 is 1.86. The predicted octanol–water partition coefficient (Wildman–Crippen LogP) is 15.2. The van der Waals surface area contributed by atoms with Crippen LogP contribution < -0.4 is 0 Å². The monoisotopic (exact) mass is 742 g/mol. The number of nitrogens with zero attached hydrogens (tertiary/aromatic N) is 2. The van der Waals surface area contributed by atoms with Crippen molar-refractivity contribution in [2.24, 2.45) is 0 Å². The smallest absolute Gasteiger partial charge is 0.160 e. The molecule has 0 fully saturated rings. The molecular weight excluding hydrogens is 709 g/mol. The average Bonchev–Trinajstić information content (AvgIpc) is 3.68. The molecule has 0 unspecified atom stereocenters. The Bertz CT molecular complexity index is 3300. The maximum Gasteiger partial charge on any atom is 0.160 e. The maximum absolute atomic E-state index is 5.37. The van der Waals surface area contributed by atoms with E-state index < -0.39 is 0 Å². The minimum absolute atomic E-state index is 0.694. The highest BCUT2D eigenvalue weighted by Crippen LogP contribution is 2.43. The molecule has 11 aromatic rings. The molecule has 9 aromatic carbocycles. The number of aromatic nitrogens is 2. The Morgan fingerprint density at radius 3 is 1.60 bits per heavy atom. The summed E-state index contributed by atoms with van der Waals surface area (Å²) in [5, 5.41) is 7.45. The van der Waals surface area contributed by atoms with Gasteiger partial charge in [-0.25, -0.2) is 9.97 Å². The van der Waals surface area contributed by atoms with Gasteiger partial charge in [-0.2, -0.15) is 0 Å². The van der Waals surface area contributed by atoms with Crippen molar-refractivity contribution in [3.63, 3.8) is 0 Å². The summed E-state index contributed by atoms with van der Waals surface area (Å²) in [7, 11) is 0. The van der Waals surface area contributed by atoms with Crippen LogP contribution in [-0.2, 0) is 0 Å². The van der Waals surface area contributed by atoms with Gasteiger partial charge >= 0.3 is 0 Å². The summed E-state index contributed by atoms with van der Waals surface area (Å²) in [4.78, 5) is 10.7. The Morgan fingerprint density at radius 2 is 0.807 bits per heavy atom. The van der Waals surface area contributed by atoms with Gasteiger partial charge in [0.25, 0.3) is 0 Å². The van der Waals surface area contributed by atoms with E-state index in [1.54, 1.807) is 0 Å². The SMILES string of the molecule is c1ccc(-c2nc(-c3cc(-c4cccc5ccccc45)cc(-c4cccc5c4sc4ccccc45)c3)cc(-c3ccccc3-c3cccc4ccccc34)n2)cc1. The minimum Gasteiger partial charge on any atom is -0.228 e. The van der Waals surface area contributed by atoms with Gasteiger partial charge in [-0.1, -0.05) is 176 Å². The van der Waals surface area contributed by atoms with Gasteiger partial charge in [0.05, 0.1) is 11.4 Å². The molecule has 0 amide bonds. The van der Waals surface area contributed by atoms with Gasteiger partial charge in [0, 0.05) is 36.9 Å². The van der Waals surface area contributed by atoms with Gasteiger partial charge in [0.2, 0.25) is 0 Å². The molecule has 0 bridgehead atoms. The molecule has 11 rings (SSSR count). The summed E-state index contributed by atoms with van der Waals surface area (Å²) in [6.07, 6.45) is 0. The lowest BCUT2D eigenvalue weighted by atomic mass is 9.91. The van der Waals surface area contributed by atoms with E-state index in [4.69, 9.17) is 9.97 Å². The van der Waals surface area contributed by atoms with E-state index in [1.807, 2.05) is 17.4 Å². The zero-order valence-electron chi connectivity index (χ0n) is 30.9. The molecule has 57 heavy (non-hydrogen) atoms. The highest BCUT2D eigenvalue weighted by Gasteiger charge is 2.18. The van der Waals surface area contributed by atoms with Gasteiger partial charge in [-0.05, 0) is 85.3 Å². The molecule has 0 spiro atoms. The zero-order valence-corrected chi connectivity index (χ0v) is 31.7. The highest BCUT2D eigenvalue weighted by molar-refractivity contribution is 7.26. The number of thiophene rings is 1. The van der Waals surface area contributed by atoms with Crippen LogP contribution in [0.5, 0.6) is 0 Å². The van der Waals surface area contributed by atoms with E-state index in [0.717, 1.165) is 44.8 Å². The molecule has 266 valence electrons. The fourth-order valence-corrected chi connectivity index (χ4v) is 9.63. The van der Waals surface area contributed by atoms with Gasteiger partial charge in [0.15, 0.2) is 5.82 Å². The Morgan fingerprint density at radius 1 is 0.298 bits per heavy atom. The van der Waals surface area contributed by atoms with Crippen molar-refractivity contribution in [3.8, 4) is 67.3 Å². The fourth-order valence-electron chi connectivity index (χ4n) is 8.39. The molecule has 2 aromatic heterocycles. The van der Waals surface area contributed by atoms with Crippen molar-refractivity contribution in [1.82, 2.24) is 9.97 Å². The van der Waals surface area contributed by atoms with Crippen LogP contribution >= 0.6 is 11.3 Å². The third-order valence-electron chi connectivity index (χ3n) is 11.1. The van der Waals surface area contributed by atoms with Crippen LogP contribution in [0.15, 0.2) is 206 Å². The lowest BCUT2D eigenvalue weighted by molar-refractivity contribution is 1.18. The summed E-state index contributed by atoms with van der Waals surface area (Å²) < 4.78 is 2.58. The predicted molar refractivity (Wildman–Crippen MR) is 243 cm³/mol. The minimum atomic E-state index is 0.694. The number of hydrogen-bond donors (Lipinski definition) is 0. The largest absolute Gasteiger partial charge is 0.228 e. The van der Waals surface area contributed by atoms with Gasteiger partial charge in [-0.15, -0.1) is 11.3 Å². The van der Waals surface area contributed by atoms with Crippen molar-refractivity contribution in [2.75, 3.05) is 0 Å². The first-order valence-electron chi connectivity index (χ1n) is 19.3. The normalized spacial score (nSPS) is 11.5. The lowest BCUT2D eigenvalue weighted by Gasteiger charge is -2.16. The van der Waals surface area contributed by atoms with Crippen LogP contribution in [0.1, 0.15) is 0 Å². The molecule has 0 aliphatic rings. The third-order valence-corrected chi connectivity index (χ3v) is 12.3. The van der Waals surface area contributed by atoms with Crippen molar-refractivity contribution in [1.29, 1.82) is 0 Å².